The molecule has 0 unspecified atom stereocenters. The Balaban J connectivity index is 3.32. The van der Waals surface area contributed by atoms with Gasteiger partial charge in [-0.1, -0.05) is 0 Å². The first kappa shape index (κ1) is 11.0. The lowest BCUT2D eigenvalue weighted by molar-refractivity contribution is -0.385. The van der Waals surface area contributed by atoms with Crippen LogP contribution < -0.4 is 4.90 Å². The number of rotatable bonds is 2. The zero-order chi connectivity index (χ0) is 10.9. The van der Waals surface area contributed by atoms with E-state index in [9.17, 15) is 10.1 Å². The normalized spacial score (nSPS) is 10.0. The van der Waals surface area contributed by atoms with Gasteiger partial charge in [-0.15, -0.1) is 0 Å². The molecular weight excluding hydrogens is 248 g/mol. The molecule has 76 valence electrons. The minimum atomic E-state index is -0.392. The van der Waals surface area contributed by atoms with Gasteiger partial charge in [0.2, 0.25) is 0 Å². The molecule has 0 heterocycles. The van der Waals surface area contributed by atoms with Gasteiger partial charge in [0.15, 0.2) is 0 Å². The predicted octanol–water partition coefficient (Wildman–Crippen LogP) is 2.73. The Labute approximate surface area is 90.8 Å². The zero-order valence-corrected chi connectivity index (χ0v) is 9.83. The van der Waals surface area contributed by atoms with Gasteiger partial charge in [0, 0.05) is 30.7 Å². The Morgan fingerprint density at radius 3 is 2.36 bits per heavy atom. The topological polar surface area (TPSA) is 46.4 Å². The maximum absolute atomic E-state index is 10.6. The van der Waals surface area contributed by atoms with Gasteiger partial charge in [0.05, 0.1) is 10.6 Å². The fourth-order valence-corrected chi connectivity index (χ4v) is 2.29. The third-order valence-electron chi connectivity index (χ3n) is 1.90. The molecule has 0 spiro atoms. The molecule has 0 N–H and O–H groups in total. The molecule has 0 aliphatic rings. The molecule has 0 radical (unpaired) electrons. The second-order valence-electron chi connectivity index (χ2n) is 3.24. The summed E-state index contributed by atoms with van der Waals surface area (Å²) in [5.74, 6) is 0. The van der Waals surface area contributed by atoms with Crippen LogP contribution in [0.1, 0.15) is 5.56 Å². The van der Waals surface area contributed by atoms with Gasteiger partial charge in [-0.05, 0) is 28.4 Å². The quantitative estimate of drug-likeness (QED) is 0.606. The molecule has 14 heavy (non-hydrogen) atoms. The monoisotopic (exact) mass is 258 g/mol. The third kappa shape index (κ3) is 2.04. The highest BCUT2D eigenvalue weighted by Gasteiger charge is 2.13. The smallest absolute Gasteiger partial charge is 0.270 e. The number of hydrogen-bond donors (Lipinski definition) is 0. The second-order valence-corrected chi connectivity index (χ2v) is 4.10. The van der Waals surface area contributed by atoms with Gasteiger partial charge in [-0.2, -0.15) is 0 Å². The number of hydrogen-bond acceptors (Lipinski definition) is 3. The van der Waals surface area contributed by atoms with E-state index >= 15 is 0 Å². The summed E-state index contributed by atoms with van der Waals surface area (Å²) < 4.78 is 0.745. The molecule has 4 nitrogen and oxygen atoms in total. The van der Waals surface area contributed by atoms with Crippen LogP contribution in [0.15, 0.2) is 16.6 Å². The lowest BCUT2D eigenvalue weighted by Gasteiger charge is -2.17. The standard InChI is InChI=1S/C9H11BrN2O2/c1-6-4-7(12(13)14)5-8(10)9(6)11(2)3/h4-5H,1-3H3. The van der Waals surface area contributed by atoms with E-state index in [1.165, 1.54) is 6.07 Å². The Morgan fingerprint density at radius 2 is 2.00 bits per heavy atom. The van der Waals surface area contributed by atoms with Crippen molar-refractivity contribution in [1.82, 2.24) is 0 Å². The number of benzene rings is 1. The average Bonchev–Trinajstić information content (AvgIpc) is 2.01. The van der Waals surface area contributed by atoms with Crippen molar-refractivity contribution in [2.75, 3.05) is 19.0 Å². The molecule has 1 aromatic carbocycles. The summed E-state index contributed by atoms with van der Waals surface area (Å²) in [4.78, 5) is 12.1. The van der Waals surface area contributed by atoms with Gasteiger partial charge in [-0.25, -0.2) is 0 Å². The zero-order valence-electron chi connectivity index (χ0n) is 8.24. The Kier molecular flexibility index (Phi) is 3.10. The molecule has 0 fully saturated rings. The number of anilines is 1. The van der Waals surface area contributed by atoms with Crippen molar-refractivity contribution < 1.29 is 4.92 Å². The molecule has 0 aliphatic heterocycles. The molecule has 0 aliphatic carbocycles. The van der Waals surface area contributed by atoms with E-state index < -0.39 is 4.92 Å². The van der Waals surface area contributed by atoms with Crippen molar-refractivity contribution in [2.24, 2.45) is 0 Å². The first-order valence-corrected chi connectivity index (χ1v) is 4.84. The number of nitro benzene ring substituents is 1. The first-order valence-electron chi connectivity index (χ1n) is 4.05. The number of halogens is 1. The summed E-state index contributed by atoms with van der Waals surface area (Å²) in [5, 5.41) is 10.6. The van der Waals surface area contributed by atoms with Crippen LogP contribution in [0, 0.1) is 17.0 Å². The highest BCUT2D eigenvalue weighted by Crippen LogP contribution is 2.32. The maximum atomic E-state index is 10.6. The van der Waals surface area contributed by atoms with Gasteiger partial charge < -0.3 is 4.90 Å². The van der Waals surface area contributed by atoms with Crippen LogP contribution >= 0.6 is 15.9 Å². The van der Waals surface area contributed by atoms with Crippen LogP contribution in [0.2, 0.25) is 0 Å². The van der Waals surface area contributed by atoms with Crippen LogP contribution in [0.5, 0.6) is 0 Å². The molecular formula is C9H11BrN2O2. The summed E-state index contributed by atoms with van der Waals surface area (Å²) in [7, 11) is 3.80. The van der Waals surface area contributed by atoms with E-state index in [-0.39, 0.29) is 5.69 Å². The van der Waals surface area contributed by atoms with Crippen LogP contribution in [-0.4, -0.2) is 19.0 Å². The Morgan fingerprint density at radius 1 is 1.43 bits per heavy atom. The molecule has 0 bridgehead atoms. The summed E-state index contributed by atoms with van der Waals surface area (Å²) in [6, 6.07) is 3.09. The van der Waals surface area contributed by atoms with E-state index in [0.29, 0.717) is 0 Å². The highest BCUT2D eigenvalue weighted by molar-refractivity contribution is 9.10. The van der Waals surface area contributed by atoms with Crippen LogP contribution in [0.4, 0.5) is 11.4 Å². The lowest BCUT2D eigenvalue weighted by Crippen LogP contribution is -2.11. The van der Waals surface area contributed by atoms with Crippen molar-refractivity contribution >= 4 is 27.3 Å². The van der Waals surface area contributed by atoms with Gasteiger partial charge in [0.1, 0.15) is 0 Å². The van der Waals surface area contributed by atoms with E-state index in [1.54, 1.807) is 6.07 Å². The first-order chi connectivity index (χ1) is 6.43. The molecule has 0 atom stereocenters. The predicted molar refractivity (Wildman–Crippen MR) is 59.9 cm³/mol. The van der Waals surface area contributed by atoms with Crippen LogP contribution in [-0.2, 0) is 0 Å². The van der Waals surface area contributed by atoms with Crippen molar-refractivity contribution in [1.29, 1.82) is 0 Å². The average molecular weight is 259 g/mol. The maximum Gasteiger partial charge on any atom is 0.270 e. The molecule has 1 rings (SSSR count). The molecule has 5 heteroatoms. The molecule has 0 saturated heterocycles. The van der Waals surface area contributed by atoms with Crippen molar-refractivity contribution in [3.63, 3.8) is 0 Å². The van der Waals surface area contributed by atoms with Gasteiger partial charge in [0.25, 0.3) is 5.69 Å². The highest BCUT2D eigenvalue weighted by atomic mass is 79.9. The van der Waals surface area contributed by atoms with Crippen LogP contribution in [0.25, 0.3) is 0 Å². The SMILES string of the molecule is Cc1cc([N+](=O)[O-])cc(Br)c1N(C)C. The van der Waals surface area contributed by atoms with E-state index in [0.717, 1.165) is 15.7 Å². The van der Waals surface area contributed by atoms with Crippen molar-refractivity contribution in [2.45, 2.75) is 6.92 Å². The Bertz CT molecular complexity index is 354. The number of non-ortho nitro benzene ring substituents is 1. The van der Waals surface area contributed by atoms with E-state index in [4.69, 9.17) is 0 Å². The molecule has 0 amide bonds. The van der Waals surface area contributed by atoms with E-state index in [1.807, 2.05) is 25.9 Å². The third-order valence-corrected chi connectivity index (χ3v) is 2.50. The lowest BCUT2D eigenvalue weighted by atomic mass is 10.1. The summed E-state index contributed by atoms with van der Waals surface area (Å²) >= 11 is 3.32. The fraction of sp³-hybridized carbons (Fsp3) is 0.333. The van der Waals surface area contributed by atoms with Crippen molar-refractivity contribution in [3.05, 3.63) is 32.3 Å². The molecule has 0 saturated carbocycles. The molecule has 1 aromatic rings. The van der Waals surface area contributed by atoms with Gasteiger partial charge in [-0.3, -0.25) is 10.1 Å². The van der Waals surface area contributed by atoms with Gasteiger partial charge >= 0.3 is 0 Å². The number of nitro groups is 1. The minimum Gasteiger partial charge on any atom is -0.377 e. The van der Waals surface area contributed by atoms with E-state index in [2.05, 4.69) is 15.9 Å². The summed E-state index contributed by atoms with van der Waals surface area (Å²) in [6.07, 6.45) is 0. The minimum absolute atomic E-state index is 0.111. The van der Waals surface area contributed by atoms with Crippen molar-refractivity contribution in [3.8, 4) is 0 Å². The summed E-state index contributed by atoms with van der Waals surface area (Å²) in [5.41, 5.74) is 1.96. The summed E-state index contributed by atoms with van der Waals surface area (Å²) in [6.45, 7) is 1.85. The second kappa shape index (κ2) is 3.96. The fourth-order valence-electron chi connectivity index (χ4n) is 1.39. The molecule has 0 aromatic heterocycles. The Hall–Kier alpha value is -1.10. The largest absolute Gasteiger partial charge is 0.377 e. The number of nitrogens with zero attached hydrogens (tertiary/aromatic N) is 2. The van der Waals surface area contributed by atoms with Crippen LogP contribution in [0.3, 0.4) is 0 Å². The number of aryl methyl sites for hydroxylation is 1.